The third kappa shape index (κ3) is 3.86. The summed E-state index contributed by atoms with van der Waals surface area (Å²) in [4.78, 5) is 10.3. The molecule has 1 N–H and O–H groups in total. The molecule has 0 aliphatic carbocycles. The molecule has 0 aromatic heterocycles. The summed E-state index contributed by atoms with van der Waals surface area (Å²) in [6.45, 7) is 0. The van der Waals surface area contributed by atoms with Crippen LogP contribution in [-0.2, 0) is 4.57 Å². The van der Waals surface area contributed by atoms with Crippen LogP contribution in [0.25, 0.3) is 21.5 Å². The summed E-state index contributed by atoms with van der Waals surface area (Å²) in [5, 5.41) is 3.34. The normalized spacial score (nSPS) is 11.1. The van der Waals surface area contributed by atoms with Crippen LogP contribution in [0.3, 0.4) is 0 Å². The van der Waals surface area contributed by atoms with E-state index in [-0.39, 0.29) is 25.9 Å². The van der Waals surface area contributed by atoms with Crippen LogP contribution < -0.4 is 9.05 Å². The summed E-state index contributed by atoms with van der Waals surface area (Å²) in [6, 6.07) is 25.7. The Balaban J connectivity index is 0.00000131. The van der Waals surface area contributed by atoms with Gasteiger partial charge in [-0.15, -0.1) is 0 Å². The van der Waals surface area contributed by atoms with Gasteiger partial charge in [0.15, 0.2) is 0 Å². The molecule has 0 saturated carbocycles. The molecule has 4 aromatic carbocycles. The minimum Gasteiger partial charge on any atom is -1.00 e. The van der Waals surface area contributed by atoms with E-state index in [1.807, 2.05) is 60.7 Å². The van der Waals surface area contributed by atoms with Crippen LogP contribution in [0.2, 0.25) is 0 Å². The smallest absolute Gasteiger partial charge is 1.00 e. The average molecular weight is 377 g/mol. The standard InChI is InChI=1S/C20H15O4P.Mg.2H/c21-25(22,23-19-13-5-9-15-7-1-3-11-17(15)19)24-20-14-6-10-16-8-2-4-12-18(16)20;;;/h1-14H,(H,21,22);;;/q;+2;2*-1. The molecule has 0 saturated heterocycles. The van der Waals surface area contributed by atoms with Gasteiger partial charge in [0.1, 0.15) is 11.5 Å². The first-order valence-corrected chi connectivity index (χ1v) is 9.29. The summed E-state index contributed by atoms with van der Waals surface area (Å²) < 4.78 is 23.3. The van der Waals surface area contributed by atoms with Crippen molar-refractivity contribution in [3.8, 4) is 11.5 Å². The number of hydrogen-bond donors (Lipinski definition) is 1. The fourth-order valence-electron chi connectivity index (χ4n) is 2.82. The van der Waals surface area contributed by atoms with Gasteiger partial charge in [0.05, 0.1) is 0 Å². The van der Waals surface area contributed by atoms with E-state index in [1.54, 1.807) is 24.3 Å². The minimum absolute atomic E-state index is 0. The van der Waals surface area contributed by atoms with E-state index in [9.17, 15) is 9.46 Å². The Morgan fingerprint density at radius 1 is 0.654 bits per heavy atom. The molecule has 26 heavy (non-hydrogen) atoms. The van der Waals surface area contributed by atoms with E-state index in [1.165, 1.54) is 0 Å². The van der Waals surface area contributed by atoms with Gasteiger partial charge < -0.3 is 11.9 Å². The molecule has 0 heterocycles. The molecule has 0 bridgehead atoms. The van der Waals surface area contributed by atoms with Crippen molar-refractivity contribution in [2.24, 2.45) is 0 Å². The number of fused-ring (bicyclic) bond motifs is 2. The van der Waals surface area contributed by atoms with Crippen molar-refractivity contribution in [3.63, 3.8) is 0 Å². The predicted octanol–water partition coefficient (Wildman–Crippen LogP) is 5.40. The second-order valence-electron chi connectivity index (χ2n) is 5.61. The number of hydrogen-bond acceptors (Lipinski definition) is 3. The van der Waals surface area contributed by atoms with Crippen molar-refractivity contribution < 1.29 is 21.4 Å². The first kappa shape index (κ1) is 18.7. The topological polar surface area (TPSA) is 55.8 Å². The molecule has 0 spiro atoms. The van der Waals surface area contributed by atoms with E-state index in [0.29, 0.717) is 11.5 Å². The van der Waals surface area contributed by atoms with E-state index in [0.717, 1.165) is 21.5 Å². The molecule has 0 aliphatic heterocycles. The van der Waals surface area contributed by atoms with Crippen LogP contribution in [0.5, 0.6) is 11.5 Å². The average Bonchev–Trinajstić information content (AvgIpc) is 2.62. The Kier molecular flexibility index (Phi) is 5.54. The Morgan fingerprint density at radius 2 is 1.04 bits per heavy atom. The van der Waals surface area contributed by atoms with E-state index < -0.39 is 7.82 Å². The van der Waals surface area contributed by atoms with Gasteiger partial charge >= 0.3 is 30.9 Å². The van der Waals surface area contributed by atoms with E-state index in [4.69, 9.17) is 9.05 Å². The molecule has 0 amide bonds. The second kappa shape index (κ2) is 7.68. The first-order chi connectivity index (χ1) is 12.1. The molecule has 0 aliphatic rings. The fourth-order valence-corrected chi connectivity index (χ4v) is 3.67. The molecular formula is C20H17MgO4P. The summed E-state index contributed by atoms with van der Waals surface area (Å²) in [7, 11) is -4.35. The molecule has 4 aromatic rings. The Morgan fingerprint density at radius 3 is 1.50 bits per heavy atom. The van der Waals surface area contributed by atoms with Gasteiger partial charge in [0.25, 0.3) is 0 Å². The predicted molar refractivity (Wildman–Crippen MR) is 107 cm³/mol. The summed E-state index contributed by atoms with van der Waals surface area (Å²) in [5.74, 6) is 0.619. The van der Waals surface area contributed by atoms with Gasteiger partial charge in [0, 0.05) is 10.8 Å². The molecule has 0 fully saturated rings. The van der Waals surface area contributed by atoms with E-state index >= 15 is 0 Å². The Bertz CT molecular complexity index is 1030. The second-order valence-corrected chi connectivity index (χ2v) is 6.91. The molecule has 4 nitrogen and oxygen atoms in total. The van der Waals surface area contributed by atoms with Crippen molar-refractivity contribution >= 4 is 52.4 Å². The fraction of sp³-hybridized carbons (Fsp3) is 0. The van der Waals surface area contributed by atoms with Crippen LogP contribution in [0.4, 0.5) is 0 Å². The molecule has 128 valence electrons. The van der Waals surface area contributed by atoms with E-state index in [2.05, 4.69) is 0 Å². The number of phosphoric acid groups is 1. The maximum absolute atomic E-state index is 12.6. The van der Waals surface area contributed by atoms with Gasteiger partial charge in [0.2, 0.25) is 0 Å². The van der Waals surface area contributed by atoms with Gasteiger partial charge in [-0.3, -0.25) is 4.89 Å². The zero-order valence-corrected chi connectivity index (χ0v) is 16.2. The third-order valence-corrected chi connectivity index (χ3v) is 4.78. The number of benzene rings is 4. The van der Waals surface area contributed by atoms with Crippen molar-refractivity contribution in [2.45, 2.75) is 0 Å². The van der Waals surface area contributed by atoms with Gasteiger partial charge in [-0.1, -0.05) is 72.8 Å². The Hall–Kier alpha value is -2.04. The third-order valence-electron chi connectivity index (χ3n) is 3.93. The largest absolute Gasteiger partial charge is 2.00 e. The zero-order chi connectivity index (χ0) is 17.3. The van der Waals surface area contributed by atoms with Crippen LogP contribution in [0.1, 0.15) is 2.85 Å². The summed E-state index contributed by atoms with van der Waals surface area (Å²) in [5.41, 5.74) is 0. The monoisotopic (exact) mass is 376 g/mol. The van der Waals surface area contributed by atoms with Gasteiger partial charge in [-0.05, 0) is 22.9 Å². The number of phosphoric ester groups is 1. The van der Waals surface area contributed by atoms with Gasteiger partial charge in [-0.2, -0.15) is 0 Å². The maximum atomic E-state index is 12.6. The molecule has 6 heteroatoms. The van der Waals surface area contributed by atoms with Crippen molar-refractivity contribution in [2.75, 3.05) is 0 Å². The molecule has 0 atom stereocenters. The molecule has 0 radical (unpaired) electrons. The van der Waals surface area contributed by atoms with Crippen LogP contribution >= 0.6 is 7.82 Å². The zero-order valence-electron chi connectivity index (χ0n) is 15.9. The van der Waals surface area contributed by atoms with Crippen LogP contribution in [0, 0.1) is 0 Å². The molecule has 0 unspecified atom stereocenters. The van der Waals surface area contributed by atoms with Crippen molar-refractivity contribution in [3.05, 3.63) is 84.9 Å². The van der Waals surface area contributed by atoms with Crippen molar-refractivity contribution in [1.29, 1.82) is 0 Å². The van der Waals surface area contributed by atoms with Crippen LogP contribution in [0.15, 0.2) is 84.9 Å². The maximum Gasteiger partial charge on any atom is 2.00 e. The quantitative estimate of drug-likeness (QED) is 0.383. The summed E-state index contributed by atoms with van der Waals surface area (Å²) in [6.07, 6.45) is 0. The Labute approximate surface area is 170 Å². The molecular weight excluding hydrogens is 359 g/mol. The molecule has 4 rings (SSSR count). The number of rotatable bonds is 4. The first-order valence-electron chi connectivity index (χ1n) is 7.80. The minimum atomic E-state index is -4.35. The SMILES string of the molecule is O=P(O)(Oc1cccc2ccccc12)Oc1cccc2ccccc12.[H-].[H-].[Mg+2]. The van der Waals surface area contributed by atoms with Crippen molar-refractivity contribution in [1.82, 2.24) is 0 Å². The van der Waals surface area contributed by atoms with Crippen LogP contribution in [-0.4, -0.2) is 27.9 Å². The summed E-state index contributed by atoms with van der Waals surface area (Å²) >= 11 is 0. The van der Waals surface area contributed by atoms with Gasteiger partial charge in [-0.25, -0.2) is 4.57 Å².